The zero-order valence-electron chi connectivity index (χ0n) is 11.6. The summed E-state index contributed by atoms with van der Waals surface area (Å²) in [6, 6.07) is 12.8. The Balaban J connectivity index is 2.48. The zero-order valence-corrected chi connectivity index (χ0v) is 12.4. The Kier molecular flexibility index (Phi) is 5.00. The van der Waals surface area contributed by atoms with Crippen molar-refractivity contribution in [3.8, 4) is 12.1 Å². The van der Waals surface area contributed by atoms with E-state index in [1.54, 1.807) is 6.07 Å². The first-order valence-corrected chi connectivity index (χ1v) is 7.23. The van der Waals surface area contributed by atoms with E-state index in [-0.39, 0.29) is 28.2 Å². The number of nitrogens with one attached hydrogen (secondary N) is 1. The summed E-state index contributed by atoms with van der Waals surface area (Å²) < 4.78 is 23.8. The zero-order chi connectivity index (χ0) is 16.8. The molecule has 3 N–H and O–H groups in total. The molecule has 2 rings (SSSR count). The third-order valence-corrected chi connectivity index (χ3v) is 3.14. The summed E-state index contributed by atoms with van der Waals surface area (Å²) in [5.74, 6) is 0. The third kappa shape index (κ3) is 3.89. The van der Waals surface area contributed by atoms with Crippen LogP contribution in [0, 0.1) is 22.7 Å². The largest absolute Gasteiger partial charge is 0.755 e. The first-order chi connectivity index (χ1) is 11.0. The van der Waals surface area contributed by atoms with Crippen LogP contribution in [0.2, 0.25) is 0 Å². The predicted octanol–water partition coefficient (Wildman–Crippen LogP) is 2.63. The van der Waals surface area contributed by atoms with E-state index in [0.29, 0.717) is 5.69 Å². The van der Waals surface area contributed by atoms with Crippen LogP contribution in [-0.4, -0.2) is 8.76 Å². The van der Waals surface area contributed by atoms with Gasteiger partial charge in [-0.1, -0.05) is 6.07 Å². The van der Waals surface area contributed by atoms with Crippen molar-refractivity contribution in [3.63, 3.8) is 0 Å². The van der Waals surface area contributed by atoms with Gasteiger partial charge in [-0.2, -0.15) is 10.5 Å². The Morgan fingerprint density at radius 3 is 2.35 bits per heavy atom. The van der Waals surface area contributed by atoms with Crippen LogP contribution < -0.4 is 10.5 Å². The molecular formula is C14H9N6O2S-. The number of anilines is 2. The van der Waals surface area contributed by atoms with Gasteiger partial charge >= 0.3 is 0 Å². The average Bonchev–Trinajstić information content (AvgIpc) is 2.53. The molecule has 0 heterocycles. The van der Waals surface area contributed by atoms with Crippen LogP contribution in [0.15, 0.2) is 46.6 Å². The molecule has 0 aliphatic heterocycles. The van der Waals surface area contributed by atoms with Crippen LogP contribution in [0.1, 0.15) is 11.1 Å². The van der Waals surface area contributed by atoms with Gasteiger partial charge in [-0.3, -0.25) is 4.21 Å². The number of nitrogens with two attached hydrogens (primary N) is 1. The number of azo groups is 1. The highest BCUT2D eigenvalue weighted by molar-refractivity contribution is 7.80. The molecule has 2 aromatic carbocycles. The second-order valence-electron chi connectivity index (χ2n) is 4.24. The molecule has 114 valence electrons. The maximum Gasteiger partial charge on any atom is 0.121 e. The topological polar surface area (TPSA) is 150 Å². The van der Waals surface area contributed by atoms with E-state index in [9.17, 15) is 8.76 Å². The van der Waals surface area contributed by atoms with Crippen molar-refractivity contribution in [2.24, 2.45) is 10.2 Å². The van der Waals surface area contributed by atoms with Crippen LogP contribution in [-0.2, 0) is 11.3 Å². The van der Waals surface area contributed by atoms with Gasteiger partial charge in [0, 0.05) is 17.0 Å². The quantitative estimate of drug-likeness (QED) is 0.503. The van der Waals surface area contributed by atoms with Crippen LogP contribution >= 0.6 is 0 Å². The number of nitrogen functional groups attached to an aromatic ring is 1. The average molecular weight is 325 g/mol. The van der Waals surface area contributed by atoms with Crippen LogP contribution in [0.3, 0.4) is 0 Å². The summed E-state index contributed by atoms with van der Waals surface area (Å²) in [5, 5.41) is 26.0. The van der Waals surface area contributed by atoms with E-state index in [1.807, 2.05) is 12.1 Å². The van der Waals surface area contributed by atoms with Gasteiger partial charge in [0.2, 0.25) is 0 Å². The van der Waals surface area contributed by atoms with Crippen molar-refractivity contribution in [1.29, 1.82) is 10.5 Å². The molecule has 0 radical (unpaired) electrons. The third-order valence-electron chi connectivity index (χ3n) is 2.75. The van der Waals surface area contributed by atoms with E-state index in [1.165, 1.54) is 30.3 Å². The normalized spacial score (nSPS) is 11.6. The van der Waals surface area contributed by atoms with Gasteiger partial charge < -0.3 is 15.0 Å². The molecule has 1 atom stereocenters. The second kappa shape index (κ2) is 7.13. The lowest BCUT2D eigenvalue weighted by Gasteiger charge is -2.11. The fourth-order valence-electron chi connectivity index (χ4n) is 1.75. The fraction of sp³-hybridized carbons (Fsp3) is 0. The summed E-state index contributed by atoms with van der Waals surface area (Å²) in [5.41, 5.74) is 6.76. The Bertz CT molecular complexity index is 850. The minimum Gasteiger partial charge on any atom is -0.755 e. The van der Waals surface area contributed by atoms with E-state index < -0.39 is 11.3 Å². The summed E-state index contributed by atoms with van der Waals surface area (Å²) in [7, 11) is 0. The first-order valence-electron chi connectivity index (χ1n) is 6.15. The van der Waals surface area contributed by atoms with Gasteiger partial charge in [0.05, 0.1) is 16.8 Å². The molecule has 0 aliphatic carbocycles. The number of nitriles is 2. The molecule has 0 aromatic heterocycles. The van der Waals surface area contributed by atoms with Crippen LogP contribution in [0.4, 0.5) is 22.7 Å². The maximum absolute atomic E-state index is 10.8. The van der Waals surface area contributed by atoms with Crippen molar-refractivity contribution in [2.45, 2.75) is 0 Å². The summed E-state index contributed by atoms with van der Waals surface area (Å²) in [4.78, 5) is 0. The van der Waals surface area contributed by atoms with Gasteiger partial charge in [-0.05, 0) is 30.3 Å². The van der Waals surface area contributed by atoms with Gasteiger partial charge in [-0.25, -0.2) is 0 Å². The molecule has 1 unspecified atom stereocenters. The van der Waals surface area contributed by atoms with Gasteiger partial charge in [0.15, 0.2) is 0 Å². The number of rotatable bonds is 4. The predicted molar refractivity (Wildman–Crippen MR) is 83.4 cm³/mol. The monoisotopic (exact) mass is 325 g/mol. The smallest absolute Gasteiger partial charge is 0.121 e. The number of nitrogens with zero attached hydrogens (tertiary/aromatic N) is 4. The van der Waals surface area contributed by atoms with Gasteiger partial charge in [0.25, 0.3) is 0 Å². The van der Waals surface area contributed by atoms with E-state index in [2.05, 4.69) is 15.0 Å². The summed E-state index contributed by atoms with van der Waals surface area (Å²) >= 11 is -2.56. The van der Waals surface area contributed by atoms with Crippen molar-refractivity contribution in [3.05, 3.63) is 47.5 Å². The highest BCUT2D eigenvalue weighted by Crippen LogP contribution is 2.31. The maximum atomic E-state index is 10.8. The lowest BCUT2D eigenvalue weighted by atomic mass is 10.1. The van der Waals surface area contributed by atoms with Crippen molar-refractivity contribution in [2.75, 3.05) is 10.5 Å². The molecule has 0 bridgehead atoms. The molecular weight excluding hydrogens is 316 g/mol. The number of hydrogen-bond donors (Lipinski definition) is 2. The molecule has 0 spiro atoms. The second-order valence-corrected chi connectivity index (χ2v) is 4.91. The summed E-state index contributed by atoms with van der Waals surface area (Å²) in [6.07, 6.45) is 0. The molecule has 9 heteroatoms. The molecule has 0 saturated heterocycles. The Hall–Kier alpha value is -3.27. The molecule has 0 fully saturated rings. The minimum absolute atomic E-state index is 0.114. The summed E-state index contributed by atoms with van der Waals surface area (Å²) in [6.45, 7) is 0. The van der Waals surface area contributed by atoms with Crippen molar-refractivity contribution < 1.29 is 8.76 Å². The van der Waals surface area contributed by atoms with Crippen molar-refractivity contribution >= 4 is 34.0 Å². The van der Waals surface area contributed by atoms with E-state index in [0.717, 1.165) is 0 Å². The number of hydrogen-bond acceptors (Lipinski definition) is 7. The molecule has 2 aromatic rings. The molecule has 8 nitrogen and oxygen atoms in total. The highest BCUT2D eigenvalue weighted by Gasteiger charge is 2.08. The van der Waals surface area contributed by atoms with Crippen LogP contribution in [0.25, 0.3) is 0 Å². The van der Waals surface area contributed by atoms with Gasteiger partial charge in [-0.15, -0.1) is 10.2 Å². The highest BCUT2D eigenvalue weighted by atomic mass is 32.2. The van der Waals surface area contributed by atoms with Crippen LogP contribution in [0.5, 0.6) is 0 Å². The van der Waals surface area contributed by atoms with E-state index >= 15 is 0 Å². The van der Waals surface area contributed by atoms with E-state index in [4.69, 9.17) is 16.3 Å². The Labute approximate surface area is 134 Å². The fourth-order valence-corrected chi connectivity index (χ4v) is 2.09. The minimum atomic E-state index is -2.56. The Morgan fingerprint density at radius 1 is 1.13 bits per heavy atom. The number of benzene rings is 2. The lowest BCUT2D eigenvalue weighted by Crippen LogP contribution is -2.02. The first kappa shape index (κ1) is 16.1. The SMILES string of the molecule is N#Cc1cccc(C#N)c1N=Nc1ccc(N)cc1NS(=O)[O-]. The molecule has 0 saturated carbocycles. The molecule has 0 amide bonds. The lowest BCUT2D eigenvalue weighted by molar-refractivity contribution is 0.542. The standard InChI is InChI=1S/C14H10N6O2S/c15-7-9-2-1-3-10(8-16)14(9)19-18-12-5-4-11(17)6-13(12)20-23(21)22/h1-6,20H,17H2,(H,21,22)/p-1. The molecule has 23 heavy (non-hydrogen) atoms. The Morgan fingerprint density at radius 2 is 1.78 bits per heavy atom. The molecule has 0 aliphatic rings. The van der Waals surface area contributed by atoms with Gasteiger partial charge in [0.1, 0.15) is 23.5 Å². The van der Waals surface area contributed by atoms with Crippen molar-refractivity contribution in [1.82, 2.24) is 0 Å².